The Hall–Kier alpha value is -1.76. The Kier molecular flexibility index (Phi) is 19.9. The fraction of sp³-hybridized carbons (Fsp3) is 0.607. The van der Waals surface area contributed by atoms with Crippen molar-refractivity contribution in [1.29, 1.82) is 0 Å². The Morgan fingerprint density at radius 3 is 1.31 bits per heavy atom. The van der Waals surface area contributed by atoms with Crippen LogP contribution in [0.4, 0.5) is 24.0 Å². The van der Waals surface area contributed by atoms with Crippen molar-refractivity contribution in [2.45, 2.75) is 50.8 Å². The average Bonchev–Trinajstić information content (AvgIpc) is 3.87. The highest BCUT2D eigenvalue weighted by atomic mass is 32.2. The summed E-state index contributed by atoms with van der Waals surface area (Å²) < 4.78 is 33.8. The molecular weight excluding hydrogens is 689 g/mol. The van der Waals surface area contributed by atoms with Crippen LogP contribution in [0, 0.1) is 0 Å². The topological polar surface area (TPSA) is 150 Å². The molecule has 5 aliphatic rings. The van der Waals surface area contributed by atoms with E-state index in [2.05, 4.69) is 4.74 Å². The van der Waals surface area contributed by atoms with Gasteiger partial charge >= 0.3 is 26.5 Å². The van der Waals surface area contributed by atoms with Crippen molar-refractivity contribution in [2.24, 2.45) is 0 Å². The lowest BCUT2D eigenvalue weighted by atomic mass is 10.1. The minimum atomic E-state index is -0.183. The number of thioether (sulfide) groups is 5. The minimum absolute atomic E-state index is 0.0208. The highest BCUT2D eigenvalue weighted by Crippen LogP contribution is 2.31. The number of benzene rings is 1. The van der Waals surface area contributed by atoms with E-state index in [0.717, 1.165) is 40.7 Å². The summed E-state index contributed by atoms with van der Waals surface area (Å²) in [6, 6.07) is 9.80. The Bertz CT molecular complexity index is 1050. The van der Waals surface area contributed by atoms with Gasteiger partial charge in [-0.15, -0.1) is 0 Å². The smallest absolute Gasteiger partial charge is 0.368 e. The molecule has 0 bridgehead atoms. The standard InChI is InChI=1S/C9H8O2S.2C5H8O3S.C5H8O2S.C4H6O2S/c10-9-11-8(6-12-9)7-4-2-1-3-5-7;2*1-7-2-4-3-9-5(6)8-4;1-2-4-3-8-5(6)7-4;1-3-2-7-4(5)6-3/h1-5,8H,6H2;2*4H,2-3H2,1H3;4H,2-3H2,1H3;3H,2H2,1H3. The van der Waals surface area contributed by atoms with Crippen LogP contribution in [0.5, 0.6) is 0 Å². The maximum absolute atomic E-state index is 10.8. The first-order chi connectivity index (χ1) is 21.6. The molecule has 0 radical (unpaired) electrons. The zero-order valence-corrected chi connectivity index (χ0v) is 29.5. The van der Waals surface area contributed by atoms with Crippen molar-refractivity contribution in [2.75, 3.05) is 56.2 Å². The molecule has 5 fully saturated rings. The SMILES string of the molecule is CC1CSC(=O)O1.CCC1CSC(=O)O1.COCC1CSC(=O)O1.COCC1CSC(=O)O1.O=C1OC(c2ccccc2)CS1. The van der Waals surface area contributed by atoms with Gasteiger partial charge in [0.2, 0.25) is 0 Å². The summed E-state index contributed by atoms with van der Waals surface area (Å²) in [7, 11) is 3.19. The van der Waals surface area contributed by atoms with Gasteiger partial charge in [-0.25, -0.2) is 24.0 Å². The molecule has 0 saturated carbocycles. The van der Waals surface area contributed by atoms with Gasteiger partial charge < -0.3 is 33.2 Å². The third-order valence-electron chi connectivity index (χ3n) is 5.61. The number of methoxy groups -OCH3 is 2. The molecule has 0 spiro atoms. The number of hydrogen-bond donors (Lipinski definition) is 0. The third-order valence-corrected chi connectivity index (χ3v) is 9.99. The molecule has 5 saturated heterocycles. The Labute approximate surface area is 284 Å². The first kappa shape index (κ1) is 39.4. The van der Waals surface area contributed by atoms with E-state index in [1.165, 1.54) is 58.8 Å². The molecule has 0 aromatic heterocycles. The zero-order valence-electron chi connectivity index (χ0n) is 25.4. The van der Waals surface area contributed by atoms with Crippen LogP contribution >= 0.6 is 58.8 Å². The molecule has 252 valence electrons. The molecule has 1 aromatic rings. The molecule has 5 atom stereocenters. The maximum atomic E-state index is 10.8. The van der Waals surface area contributed by atoms with Gasteiger partial charge in [0.25, 0.3) is 0 Å². The van der Waals surface area contributed by atoms with Crippen molar-refractivity contribution in [1.82, 2.24) is 0 Å². The van der Waals surface area contributed by atoms with Gasteiger partial charge in [-0.3, -0.25) is 0 Å². The molecule has 1 aromatic carbocycles. The number of hydrogen-bond acceptors (Lipinski definition) is 17. The Morgan fingerprint density at radius 2 is 1.02 bits per heavy atom. The normalized spacial score (nSPS) is 26.2. The van der Waals surface area contributed by atoms with E-state index in [-0.39, 0.29) is 57.0 Å². The second-order valence-electron chi connectivity index (χ2n) is 9.29. The van der Waals surface area contributed by atoms with E-state index >= 15 is 0 Å². The summed E-state index contributed by atoms with van der Waals surface area (Å²) in [5.74, 6) is 3.86. The van der Waals surface area contributed by atoms with E-state index in [1.807, 2.05) is 44.2 Å². The molecule has 0 N–H and O–H groups in total. The van der Waals surface area contributed by atoms with E-state index in [4.69, 9.17) is 28.4 Å². The van der Waals surface area contributed by atoms with Gasteiger partial charge in [0, 0.05) is 43.0 Å². The lowest BCUT2D eigenvalue weighted by Crippen LogP contribution is -2.15. The largest absolute Gasteiger partial charge is 0.454 e. The average molecular weight is 727 g/mol. The van der Waals surface area contributed by atoms with Crippen LogP contribution in [-0.4, -0.2) is 107 Å². The van der Waals surface area contributed by atoms with E-state index in [9.17, 15) is 24.0 Å². The van der Waals surface area contributed by atoms with Crippen molar-refractivity contribution < 1.29 is 57.1 Å². The Balaban J connectivity index is 0.000000198. The van der Waals surface area contributed by atoms with Crippen molar-refractivity contribution >= 4 is 85.3 Å². The lowest BCUT2D eigenvalue weighted by Gasteiger charge is -2.06. The highest BCUT2D eigenvalue weighted by molar-refractivity contribution is 8.14. The Morgan fingerprint density at radius 1 is 0.600 bits per heavy atom. The van der Waals surface area contributed by atoms with Gasteiger partial charge in [-0.1, -0.05) is 37.3 Å². The van der Waals surface area contributed by atoms with Crippen LogP contribution in [0.1, 0.15) is 31.9 Å². The van der Waals surface area contributed by atoms with E-state index < -0.39 is 0 Å². The molecule has 0 amide bonds. The van der Waals surface area contributed by atoms with Crippen LogP contribution < -0.4 is 0 Å². The lowest BCUT2D eigenvalue weighted by molar-refractivity contribution is 0.0716. The van der Waals surface area contributed by atoms with E-state index in [0.29, 0.717) is 13.2 Å². The fourth-order valence-corrected chi connectivity index (χ4v) is 7.02. The van der Waals surface area contributed by atoms with Crippen LogP contribution in [0.2, 0.25) is 0 Å². The van der Waals surface area contributed by atoms with Gasteiger partial charge in [-0.05, 0) is 77.7 Å². The fourth-order valence-electron chi connectivity index (χ4n) is 3.41. The molecule has 5 aliphatic heterocycles. The molecular formula is C28H38O12S5. The monoisotopic (exact) mass is 726 g/mol. The molecule has 5 unspecified atom stereocenters. The summed E-state index contributed by atoms with van der Waals surface area (Å²) in [6.45, 7) is 4.93. The van der Waals surface area contributed by atoms with Crippen molar-refractivity contribution in [3.63, 3.8) is 0 Å². The summed E-state index contributed by atoms with van der Waals surface area (Å²) in [5, 5.41) is -0.776. The van der Waals surface area contributed by atoms with Crippen LogP contribution in [0.3, 0.4) is 0 Å². The summed E-state index contributed by atoms with van der Waals surface area (Å²) in [5.41, 5.74) is 1.08. The van der Waals surface area contributed by atoms with Crippen molar-refractivity contribution in [3.05, 3.63) is 35.9 Å². The molecule has 45 heavy (non-hydrogen) atoms. The molecule has 17 heteroatoms. The van der Waals surface area contributed by atoms with Gasteiger partial charge in [0.1, 0.15) is 30.5 Å². The first-order valence-corrected chi connectivity index (χ1v) is 18.8. The van der Waals surface area contributed by atoms with Gasteiger partial charge in [0.05, 0.1) is 13.2 Å². The summed E-state index contributed by atoms with van der Waals surface area (Å²) in [4.78, 5) is 52.1. The molecule has 5 heterocycles. The number of cyclic esters (lactones) is 5. The van der Waals surface area contributed by atoms with Crippen LogP contribution in [0.25, 0.3) is 0 Å². The van der Waals surface area contributed by atoms with Gasteiger partial charge in [0.15, 0.2) is 0 Å². The third kappa shape index (κ3) is 17.1. The summed E-state index contributed by atoms with van der Waals surface area (Å²) in [6.07, 6.45) is 1.19. The zero-order chi connectivity index (χ0) is 33.0. The number of rotatable bonds is 6. The van der Waals surface area contributed by atoms with Crippen LogP contribution in [0.15, 0.2) is 30.3 Å². The van der Waals surface area contributed by atoms with Crippen molar-refractivity contribution in [3.8, 4) is 0 Å². The predicted octanol–water partition coefficient (Wildman–Crippen LogP) is 7.29. The quantitative estimate of drug-likeness (QED) is 0.213. The molecule has 6 rings (SSSR count). The molecule has 12 nitrogen and oxygen atoms in total. The predicted molar refractivity (Wildman–Crippen MR) is 179 cm³/mol. The molecule has 0 aliphatic carbocycles. The highest BCUT2D eigenvalue weighted by Gasteiger charge is 2.26. The van der Waals surface area contributed by atoms with Gasteiger partial charge in [-0.2, -0.15) is 0 Å². The second-order valence-corrected chi connectivity index (χ2v) is 14.1. The number of carbonyl (C=O) groups is 5. The van der Waals surface area contributed by atoms with E-state index in [1.54, 1.807) is 14.2 Å². The second kappa shape index (κ2) is 22.7. The minimum Gasteiger partial charge on any atom is -0.454 e. The number of carbonyl (C=O) groups excluding carboxylic acids is 5. The van der Waals surface area contributed by atoms with Crippen LogP contribution in [-0.2, 0) is 33.2 Å². The maximum Gasteiger partial charge on any atom is 0.368 e. The number of ether oxygens (including phenoxy) is 7. The first-order valence-electron chi connectivity index (χ1n) is 13.8. The summed E-state index contributed by atoms with van der Waals surface area (Å²) >= 11 is 6.16.